The van der Waals surface area contributed by atoms with Gasteiger partial charge in [0.15, 0.2) is 0 Å². The van der Waals surface area contributed by atoms with Crippen LogP contribution in [-0.4, -0.2) is 42.3 Å². The molecule has 0 spiro atoms. The fourth-order valence-corrected chi connectivity index (χ4v) is 2.82. The second-order valence-corrected chi connectivity index (χ2v) is 6.06. The molecular weight excluding hydrogens is 236 g/mol. The SMILES string of the molecule is CNC(CCN1CCC(C)(O)C1)c1ccc(C)cc1. The highest BCUT2D eigenvalue weighted by Gasteiger charge is 2.31. The molecule has 1 aromatic rings. The van der Waals surface area contributed by atoms with E-state index in [4.69, 9.17) is 0 Å². The minimum atomic E-state index is -0.487. The average Bonchev–Trinajstić information content (AvgIpc) is 2.72. The van der Waals surface area contributed by atoms with Gasteiger partial charge in [0.05, 0.1) is 5.60 Å². The molecule has 2 N–H and O–H groups in total. The number of hydrogen-bond acceptors (Lipinski definition) is 3. The van der Waals surface area contributed by atoms with Crippen LogP contribution in [0.1, 0.15) is 36.9 Å². The van der Waals surface area contributed by atoms with Gasteiger partial charge in [-0.05, 0) is 39.3 Å². The molecule has 0 aromatic heterocycles. The zero-order valence-corrected chi connectivity index (χ0v) is 12.3. The van der Waals surface area contributed by atoms with Gasteiger partial charge in [-0.3, -0.25) is 0 Å². The number of benzene rings is 1. The lowest BCUT2D eigenvalue weighted by atomic mass is 10.0. The van der Waals surface area contributed by atoms with Crippen molar-refractivity contribution in [2.45, 2.75) is 38.3 Å². The summed E-state index contributed by atoms with van der Waals surface area (Å²) in [6.45, 7) is 6.90. The van der Waals surface area contributed by atoms with E-state index in [9.17, 15) is 5.11 Å². The minimum absolute atomic E-state index is 0.395. The molecule has 0 radical (unpaired) electrons. The Morgan fingerprint density at radius 2 is 2.05 bits per heavy atom. The molecule has 19 heavy (non-hydrogen) atoms. The zero-order chi connectivity index (χ0) is 13.9. The van der Waals surface area contributed by atoms with Gasteiger partial charge in [0.2, 0.25) is 0 Å². The third-order valence-corrected chi connectivity index (χ3v) is 4.09. The first-order chi connectivity index (χ1) is 9.00. The second-order valence-electron chi connectivity index (χ2n) is 6.06. The molecule has 3 nitrogen and oxygen atoms in total. The molecule has 1 heterocycles. The van der Waals surface area contributed by atoms with Crippen molar-refractivity contribution in [3.63, 3.8) is 0 Å². The van der Waals surface area contributed by atoms with Crippen molar-refractivity contribution in [3.05, 3.63) is 35.4 Å². The number of aliphatic hydroxyl groups is 1. The summed E-state index contributed by atoms with van der Waals surface area (Å²) in [5.41, 5.74) is 2.16. The van der Waals surface area contributed by atoms with Crippen molar-refractivity contribution in [1.82, 2.24) is 10.2 Å². The maximum atomic E-state index is 9.98. The molecule has 2 atom stereocenters. The number of aryl methyl sites for hydroxylation is 1. The first kappa shape index (κ1) is 14.5. The van der Waals surface area contributed by atoms with Crippen LogP contribution < -0.4 is 5.32 Å². The topological polar surface area (TPSA) is 35.5 Å². The Morgan fingerprint density at radius 3 is 2.58 bits per heavy atom. The monoisotopic (exact) mass is 262 g/mol. The lowest BCUT2D eigenvalue weighted by Gasteiger charge is -2.22. The molecular formula is C16H26N2O. The van der Waals surface area contributed by atoms with Crippen molar-refractivity contribution in [3.8, 4) is 0 Å². The summed E-state index contributed by atoms with van der Waals surface area (Å²) >= 11 is 0. The Kier molecular flexibility index (Phi) is 4.61. The van der Waals surface area contributed by atoms with E-state index in [1.165, 1.54) is 11.1 Å². The lowest BCUT2D eigenvalue weighted by molar-refractivity contribution is 0.0683. The van der Waals surface area contributed by atoms with Crippen LogP contribution in [0.3, 0.4) is 0 Å². The molecule has 0 saturated carbocycles. The maximum absolute atomic E-state index is 9.98. The first-order valence-electron chi connectivity index (χ1n) is 7.19. The fraction of sp³-hybridized carbons (Fsp3) is 0.625. The largest absolute Gasteiger partial charge is 0.389 e. The summed E-state index contributed by atoms with van der Waals surface area (Å²) in [6.07, 6.45) is 1.97. The molecule has 1 saturated heterocycles. The molecule has 0 amide bonds. The van der Waals surface area contributed by atoms with E-state index in [1.54, 1.807) is 0 Å². The van der Waals surface area contributed by atoms with Crippen molar-refractivity contribution in [1.29, 1.82) is 0 Å². The van der Waals surface area contributed by atoms with E-state index < -0.39 is 5.60 Å². The van der Waals surface area contributed by atoms with Crippen LogP contribution in [0.15, 0.2) is 24.3 Å². The summed E-state index contributed by atoms with van der Waals surface area (Å²) in [5.74, 6) is 0. The molecule has 1 aromatic carbocycles. The van der Waals surface area contributed by atoms with Crippen molar-refractivity contribution >= 4 is 0 Å². The number of likely N-dealkylation sites (tertiary alicyclic amines) is 1. The lowest BCUT2D eigenvalue weighted by Crippen LogP contribution is -2.31. The average molecular weight is 262 g/mol. The quantitative estimate of drug-likeness (QED) is 0.853. The van der Waals surface area contributed by atoms with Gasteiger partial charge in [0, 0.05) is 25.7 Å². The van der Waals surface area contributed by atoms with Gasteiger partial charge in [0.1, 0.15) is 0 Å². The summed E-state index contributed by atoms with van der Waals surface area (Å²) in [6, 6.07) is 9.14. The number of β-amino-alcohol motifs (C(OH)–C–C–N with tert-alkyl or cyclic N) is 1. The number of rotatable bonds is 5. The minimum Gasteiger partial charge on any atom is -0.389 e. The standard InChI is InChI=1S/C16H26N2O/c1-13-4-6-14(7-5-13)15(17-3)8-10-18-11-9-16(2,19)12-18/h4-7,15,17,19H,8-12H2,1-3H3. The van der Waals surface area contributed by atoms with Crippen LogP contribution in [0.4, 0.5) is 0 Å². The van der Waals surface area contributed by atoms with Crippen molar-refractivity contribution in [2.75, 3.05) is 26.7 Å². The molecule has 106 valence electrons. The van der Waals surface area contributed by atoms with Gasteiger partial charge in [-0.1, -0.05) is 29.8 Å². The molecule has 2 unspecified atom stereocenters. The normalized spacial score (nSPS) is 25.7. The van der Waals surface area contributed by atoms with Crippen LogP contribution in [0, 0.1) is 6.92 Å². The van der Waals surface area contributed by atoms with E-state index >= 15 is 0 Å². The van der Waals surface area contributed by atoms with Crippen LogP contribution >= 0.6 is 0 Å². The summed E-state index contributed by atoms with van der Waals surface area (Å²) in [5, 5.41) is 13.4. The van der Waals surface area contributed by atoms with Gasteiger partial charge >= 0.3 is 0 Å². The van der Waals surface area contributed by atoms with E-state index in [1.807, 2.05) is 14.0 Å². The van der Waals surface area contributed by atoms with Gasteiger partial charge < -0.3 is 15.3 Å². The Morgan fingerprint density at radius 1 is 1.37 bits per heavy atom. The summed E-state index contributed by atoms with van der Waals surface area (Å²) in [7, 11) is 2.02. The number of nitrogens with zero attached hydrogens (tertiary/aromatic N) is 1. The van der Waals surface area contributed by atoms with Gasteiger partial charge in [-0.15, -0.1) is 0 Å². The second kappa shape index (κ2) is 6.04. The summed E-state index contributed by atoms with van der Waals surface area (Å²) < 4.78 is 0. The van der Waals surface area contributed by atoms with E-state index in [2.05, 4.69) is 41.4 Å². The van der Waals surface area contributed by atoms with E-state index in [0.717, 1.165) is 32.5 Å². The summed E-state index contributed by atoms with van der Waals surface area (Å²) in [4.78, 5) is 2.36. The van der Waals surface area contributed by atoms with Crippen LogP contribution in [0.5, 0.6) is 0 Å². The Labute approximate surface area is 116 Å². The van der Waals surface area contributed by atoms with Crippen LogP contribution in [0.25, 0.3) is 0 Å². The maximum Gasteiger partial charge on any atom is 0.0758 e. The van der Waals surface area contributed by atoms with Crippen LogP contribution in [-0.2, 0) is 0 Å². The Hall–Kier alpha value is -0.900. The zero-order valence-electron chi connectivity index (χ0n) is 12.3. The molecule has 2 rings (SSSR count). The highest BCUT2D eigenvalue weighted by atomic mass is 16.3. The third-order valence-electron chi connectivity index (χ3n) is 4.09. The number of nitrogens with one attached hydrogen (secondary N) is 1. The molecule has 0 aliphatic carbocycles. The third kappa shape index (κ3) is 4.03. The van der Waals surface area contributed by atoms with Crippen LogP contribution in [0.2, 0.25) is 0 Å². The molecule has 1 aliphatic rings. The number of hydrogen-bond donors (Lipinski definition) is 2. The molecule has 1 aliphatic heterocycles. The van der Waals surface area contributed by atoms with E-state index in [-0.39, 0.29) is 0 Å². The molecule has 3 heteroatoms. The molecule has 0 bridgehead atoms. The van der Waals surface area contributed by atoms with Crippen molar-refractivity contribution in [2.24, 2.45) is 0 Å². The van der Waals surface area contributed by atoms with Gasteiger partial charge in [0.25, 0.3) is 0 Å². The fourth-order valence-electron chi connectivity index (χ4n) is 2.82. The van der Waals surface area contributed by atoms with Gasteiger partial charge in [-0.25, -0.2) is 0 Å². The Bertz CT molecular complexity index is 400. The first-order valence-corrected chi connectivity index (χ1v) is 7.19. The Balaban J connectivity index is 1.88. The van der Waals surface area contributed by atoms with Gasteiger partial charge in [-0.2, -0.15) is 0 Å². The smallest absolute Gasteiger partial charge is 0.0758 e. The predicted octanol–water partition coefficient (Wildman–Crippen LogP) is 2.10. The highest BCUT2D eigenvalue weighted by Crippen LogP contribution is 2.23. The van der Waals surface area contributed by atoms with E-state index in [0.29, 0.717) is 6.04 Å². The molecule has 1 fully saturated rings. The van der Waals surface area contributed by atoms with Crippen molar-refractivity contribution < 1.29 is 5.11 Å². The highest BCUT2D eigenvalue weighted by molar-refractivity contribution is 5.24. The predicted molar refractivity (Wildman–Crippen MR) is 79.3 cm³/mol.